The van der Waals surface area contributed by atoms with Gasteiger partial charge in [-0.1, -0.05) is 57.6 Å². The highest BCUT2D eigenvalue weighted by Crippen LogP contribution is 2.29. The Hall–Kier alpha value is -0.730. The van der Waals surface area contributed by atoms with Crippen molar-refractivity contribution in [1.29, 1.82) is 0 Å². The maximum atomic E-state index is 5.48. The van der Waals surface area contributed by atoms with Gasteiger partial charge in [-0.05, 0) is 49.4 Å². The molecule has 1 unspecified atom stereocenters. The number of fused-ring (bicyclic) bond motifs is 1. The van der Waals surface area contributed by atoms with Crippen molar-refractivity contribution in [2.45, 2.75) is 77.2 Å². The normalized spacial score (nSPS) is 16.5. The van der Waals surface area contributed by atoms with Crippen molar-refractivity contribution >= 4 is 12.4 Å². The second-order valence-corrected chi connectivity index (χ2v) is 6.61. The molecule has 1 aliphatic rings. The van der Waals surface area contributed by atoms with Crippen molar-refractivity contribution in [1.82, 2.24) is 5.32 Å². The van der Waals surface area contributed by atoms with E-state index in [1.165, 1.54) is 69.0 Å². The summed E-state index contributed by atoms with van der Waals surface area (Å²) < 4.78 is 5.48. The SMILES string of the molecule is CCCCCCCCCNC1CCc2c(cccc2OC)C1.Cl. The lowest BCUT2D eigenvalue weighted by molar-refractivity contribution is 0.396. The zero-order valence-electron chi connectivity index (χ0n) is 14.9. The largest absolute Gasteiger partial charge is 0.496 e. The molecule has 3 heteroatoms. The summed E-state index contributed by atoms with van der Waals surface area (Å²) in [5.41, 5.74) is 2.90. The number of hydrogen-bond donors (Lipinski definition) is 1. The molecule has 0 saturated carbocycles. The predicted octanol–water partition coefficient (Wildman–Crippen LogP) is 5.31. The van der Waals surface area contributed by atoms with Crippen LogP contribution >= 0.6 is 12.4 Å². The van der Waals surface area contributed by atoms with Crippen molar-refractivity contribution in [3.05, 3.63) is 29.3 Å². The number of nitrogens with one attached hydrogen (secondary N) is 1. The standard InChI is InChI=1S/C20H33NO.ClH/c1-3-4-5-6-7-8-9-15-21-18-13-14-19-17(16-18)11-10-12-20(19)22-2;/h10-12,18,21H,3-9,13-16H2,1-2H3;1H. The fourth-order valence-electron chi connectivity index (χ4n) is 3.53. The monoisotopic (exact) mass is 339 g/mol. The number of methoxy groups -OCH3 is 1. The maximum absolute atomic E-state index is 5.48. The van der Waals surface area contributed by atoms with Gasteiger partial charge in [0.25, 0.3) is 0 Å². The molecule has 1 aliphatic carbocycles. The van der Waals surface area contributed by atoms with E-state index in [1.807, 2.05) is 0 Å². The number of halogens is 1. The van der Waals surface area contributed by atoms with Crippen LogP contribution < -0.4 is 10.1 Å². The Morgan fingerprint density at radius 3 is 2.57 bits per heavy atom. The van der Waals surface area contributed by atoms with Crippen LogP contribution in [-0.4, -0.2) is 19.7 Å². The van der Waals surface area contributed by atoms with Gasteiger partial charge < -0.3 is 10.1 Å². The molecule has 23 heavy (non-hydrogen) atoms. The first-order chi connectivity index (χ1) is 10.8. The van der Waals surface area contributed by atoms with Crippen LogP contribution in [0.1, 0.15) is 69.4 Å². The molecule has 1 atom stereocenters. The Balaban J connectivity index is 0.00000264. The molecule has 2 nitrogen and oxygen atoms in total. The molecule has 0 heterocycles. The minimum Gasteiger partial charge on any atom is -0.496 e. The van der Waals surface area contributed by atoms with Gasteiger partial charge in [0, 0.05) is 6.04 Å². The number of ether oxygens (including phenoxy) is 1. The molecule has 0 bridgehead atoms. The van der Waals surface area contributed by atoms with E-state index in [4.69, 9.17) is 4.74 Å². The molecule has 0 spiro atoms. The number of rotatable bonds is 10. The van der Waals surface area contributed by atoms with Gasteiger partial charge in [0.15, 0.2) is 0 Å². The van der Waals surface area contributed by atoms with E-state index in [0.717, 1.165) is 18.6 Å². The third kappa shape index (κ3) is 6.73. The molecule has 1 N–H and O–H groups in total. The Bertz CT molecular complexity index is 436. The van der Waals surface area contributed by atoms with Gasteiger partial charge >= 0.3 is 0 Å². The fraction of sp³-hybridized carbons (Fsp3) is 0.700. The average molecular weight is 340 g/mol. The van der Waals surface area contributed by atoms with Crippen molar-refractivity contribution in [2.75, 3.05) is 13.7 Å². The molecule has 0 saturated heterocycles. The van der Waals surface area contributed by atoms with Gasteiger partial charge in [-0.3, -0.25) is 0 Å². The van der Waals surface area contributed by atoms with Gasteiger partial charge in [0.05, 0.1) is 7.11 Å². The molecular formula is C20H34ClNO. The lowest BCUT2D eigenvalue weighted by Gasteiger charge is -2.26. The molecule has 0 aromatic heterocycles. The van der Waals surface area contributed by atoms with Crippen LogP contribution in [0.3, 0.4) is 0 Å². The molecular weight excluding hydrogens is 306 g/mol. The molecule has 2 rings (SSSR count). The third-order valence-electron chi connectivity index (χ3n) is 4.87. The molecule has 0 fully saturated rings. The number of benzene rings is 1. The second-order valence-electron chi connectivity index (χ2n) is 6.61. The topological polar surface area (TPSA) is 21.3 Å². The maximum Gasteiger partial charge on any atom is 0.122 e. The molecule has 0 radical (unpaired) electrons. The van der Waals surface area contributed by atoms with E-state index in [9.17, 15) is 0 Å². The molecule has 1 aromatic rings. The zero-order valence-corrected chi connectivity index (χ0v) is 15.7. The fourth-order valence-corrected chi connectivity index (χ4v) is 3.53. The highest BCUT2D eigenvalue weighted by molar-refractivity contribution is 5.85. The molecule has 0 aliphatic heterocycles. The summed E-state index contributed by atoms with van der Waals surface area (Å²) in [6.07, 6.45) is 13.3. The Labute approximate surface area is 148 Å². The Morgan fingerprint density at radius 2 is 1.83 bits per heavy atom. The highest BCUT2D eigenvalue weighted by Gasteiger charge is 2.20. The van der Waals surface area contributed by atoms with Crippen LogP contribution in [0.2, 0.25) is 0 Å². The second kappa shape index (κ2) is 11.8. The first-order valence-corrected chi connectivity index (χ1v) is 9.23. The predicted molar refractivity (Wildman–Crippen MR) is 102 cm³/mol. The summed E-state index contributed by atoms with van der Waals surface area (Å²) in [6, 6.07) is 7.13. The van der Waals surface area contributed by atoms with Crippen LogP contribution in [0.4, 0.5) is 0 Å². The molecule has 0 amide bonds. The van der Waals surface area contributed by atoms with Gasteiger partial charge in [0.2, 0.25) is 0 Å². The smallest absolute Gasteiger partial charge is 0.122 e. The third-order valence-corrected chi connectivity index (χ3v) is 4.87. The summed E-state index contributed by atoms with van der Waals surface area (Å²) in [4.78, 5) is 0. The van der Waals surface area contributed by atoms with Crippen molar-refractivity contribution < 1.29 is 4.74 Å². The molecule has 132 valence electrons. The summed E-state index contributed by atoms with van der Waals surface area (Å²) in [6.45, 7) is 3.46. The van der Waals surface area contributed by atoms with Crippen LogP contribution in [0.15, 0.2) is 18.2 Å². The number of unbranched alkanes of at least 4 members (excludes halogenated alkanes) is 6. The van der Waals surface area contributed by atoms with E-state index in [1.54, 1.807) is 7.11 Å². The van der Waals surface area contributed by atoms with Gasteiger partial charge in [-0.15, -0.1) is 12.4 Å². The summed E-state index contributed by atoms with van der Waals surface area (Å²) in [7, 11) is 1.78. The van der Waals surface area contributed by atoms with Gasteiger partial charge in [-0.25, -0.2) is 0 Å². The minimum absolute atomic E-state index is 0. The first-order valence-electron chi connectivity index (χ1n) is 9.23. The van der Waals surface area contributed by atoms with Crippen LogP contribution in [0.5, 0.6) is 5.75 Å². The molecule has 1 aromatic carbocycles. The van der Waals surface area contributed by atoms with Crippen LogP contribution in [0, 0.1) is 0 Å². The zero-order chi connectivity index (χ0) is 15.6. The Morgan fingerprint density at radius 1 is 1.09 bits per heavy atom. The van der Waals surface area contributed by atoms with Crippen LogP contribution in [-0.2, 0) is 12.8 Å². The lowest BCUT2D eigenvalue weighted by Crippen LogP contribution is -2.35. The van der Waals surface area contributed by atoms with Crippen molar-refractivity contribution in [3.8, 4) is 5.75 Å². The summed E-state index contributed by atoms with van der Waals surface area (Å²) in [5.74, 6) is 1.07. The Kier molecular flexibility index (Phi) is 10.4. The highest BCUT2D eigenvalue weighted by atomic mass is 35.5. The number of hydrogen-bond acceptors (Lipinski definition) is 2. The van der Waals surface area contributed by atoms with Gasteiger partial charge in [0.1, 0.15) is 5.75 Å². The van der Waals surface area contributed by atoms with Crippen molar-refractivity contribution in [3.63, 3.8) is 0 Å². The van der Waals surface area contributed by atoms with E-state index < -0.39 is 0 Å². The average Bonchev–Trinajstić information content (AvgIpc) is 2.56. The quantitative estimate of drug-likeness (QED) is 0.583. The van der Waals surface area contributed by atoms with E-state index >= 15 is 0 Å². The summed E-state index contributed by atoms with van der Waals surface area (Å²) >= 11 is 0. The van der Waals surface area contributed by atoms with E-state index in [-0.39, 0.29) is 12.4 Å². The van der Waals surface area contributed by atoms with E-state index in [2.05, 4.69) is 30.4 Å². The van der Waals surface area contributed by atoms with Crippen LogP contribution in [0.25, 0.3) is 0 Å². The minimum atomic E-state index is 0. The first kappa shape index (κ1) is 20.3. The van der Waals surface area contributed by atoms with Gasteiger partial charge in [-0.2, -0.15) is 0 Å². The lowest BCUT2D eigenvalue weighted by atomic mass is 9.87. The summed E-state index contributed by atoms with van der Waals surface area (Å²) in [5, 5.41) is 3.76. The van der Waals surface area contributed by atoms with E-state index in [0.29, 0.717) is 6.04 Å². The van der Waals surface area contributed by atoms with Crippen molar-refractivity contribution in [2.24, 2.45) is 0 Å².